The number of carboxylic acid groups (broad SMARTS) is 1. The molecule has 0 unspecified atom stereocenters. The number of nitrogens with zero attached hydrogens (tertiary/aromatic N) is 1. The second-order valence-corrected chi connectivity index (χ2v) is 7.40. The van der Waals surface area contributed by atoms with Crippen LogP contribution < -0.4 is 0 Å². The molecule has 21 heavy (non-hydrogen) atoms. The molecule has 1 atom stereocenters. The van der Waals surface area contributed by atoms with Crippen LogP contribution in [0.2, 0.25) is 0 Å². The van der Waals surface area contributed by atoms with Crippen LogP contribution in [-0.2, 0) is 22.1 Å². The average Bonchev–Trinajstić information content (AvgIpc) is 2.37. The quantitative estimate of drug-likeness (QED) is 0.685. The first-order valence-corrected chi connectivity index (χ1v) is 7.26. The molecule has 0 saturated heterocycles. The van der Waals surface area contributed by atoms with Crippen LogP contribution in [0.4, 0.5) is 8.78 Å². The third-order valence-corrected chi connectivity index (χ3v) is 4.14. The third kappa shape index (κ3) is 4.25. The van der Waals surface area contributed by atoms with Gasteiger partial charge >= 0.3 is 11.9 Å². The van der Waals surface area contributed by atoms with Crippen molar-refractivity contribution in [2.45, 2.75) is 38.4 Å². The zero-order valence-electron chi connectivity index (χ0n) is 12.2. The van der Waals surface area contributed by atoms with Crippen molar-refractivity contribution in [3.63, 3.8) is 0 Å². The number of carboxylic acids is 1. The highest BCUT2D eigenvalue weighted by atomic mass is 32.2. The molecule has 1 rings (SSSR count). The lowest BCUT2D eigenvalue weighted by molar-refractivity contribution is -0.166. The monoisotopic (exact) mass is 317 g/mol. The van der Waals surface area contributed by atoms with Gasteiger partial charge in [-0.15, -0.1) is 0 Å². The molecule has 0 spiro atoms. The number of halogens is 2. The molecule has 0 aliphatic heterocycles. The van der Waals surface area contributed by atoms with Gasteiger partial charge in [0.1, 0.15) is 16.1 Å². The van der Waals surface area contributed by atoms with Gasteiger partial charge in [-0.2, -0.15) is 8.78 Å². The second-order valence-electron chi connectivity index (χ2n) is 5.50. The van der Waals surface area contributed by atoms with Gasteiger partial charge in [0.25, 0.3) is 0 Å². The van der Waals surface area contributed by atoms with Crippen LogP contribution >= 0.6 is 0 Å². The second kappa shape index (κ2) is 6.11. The van der Waals surface area contributed by atoms with Crippen LogP contribution in [0, 0.1) is 0 Å². The van der Waals surface area contributed by atoms with Crippen molar-refractivity contribution in [2.24, 2.45) is 4.40 Å². The molecule has 1 aromatic carbocycles. The predicted molar refractivity (Wildman–Crippen MR) is 78.1 cm³/mol. The molecule has 7 heteroatoms. The van der Waals surface area contributed by atoms with Crippen molar-refractivity contribution < 1.29 is 23.2 Å². The molecule has 0 heterocycles. The minimum absolute atomic E-state index is 0.311. The summed E-state index contributed by atoms with van der Waals surface area (Å²) in [6.45, 7) is 6.78. The summed E-state index contributed by atoms with van der Waals surface area (Å²) < 4.78 is 42.3. The summed E-state index contributed by atoms with van der Waals surface area (Å²) in [4.78, 5) is 10.6. The highest BCUT2D eigenvalue weighted by Crippen LogP contribution is 2.29. The van der Waals surface area contributed by atoms with E-state index >= 15 is 0 Å². The van der Waals surface area contributed by atoms with E-state index in [1.54, 1.807) is 27.7 Å². The maximum Gasteiger partial charge on any atom is 0.379 e. The Hall–Kier alpha value is -1.47. The summed E-state index contributed by atoms with van der Waals surface area (Å²) in [5.74, 6) is -6.19. The predicted octanol–water partition coefficient (Wildman–Crippen LogP) is 3.13. The van der Waals surface area contributed by atoms with Gasteiger partial charge < -0.3 is 9.66 Å². The Labute approximate surface area is 125 Å². The molecule has 0 amide bonds. The van der Waals surface area contributed by atoms with E-state index in [1.165, 1.54) is 12.1 Å². The van der Waals surface area contributed by atoms with Crippen molar-refractivity contribution in [1.29, 1.82) is 0 Å². The Morgan fingerprint density at radius 2 is 1.90 bits per heavy atom. The van der Waals surface area contributed by atoms with E-state index < -0.39 is 33.6 Å². The minimum atomic E-state index is -3.97. The summed E-state index contributed by atoms with van der Waals surface area (Å²) >= 11 is -1.52. The lowest BCUT2D eigenvalue weighted by Gasteiger charge is -2.19. The first-order valence-electron chi connectivity index (χ1n) is 6.15. The zero-order chi connectivity index (χ0) is 16.4. The molecule has 0 aliphatic carbocycles. The van der Waals surface area contributed by atoms with Gasteiger partial charge in [-0.05, 0) is 33.8 Å². The van der Waals surface area contributed by atoms with Gasteiger partial charge in [0.15, 0.2) is 0 Å². The molecule has 0 saturated carbocycles. The van der Waals surface area contributed by atoms with Crippen LogP contribution in [0.25, 0.3) is 0 Å². The normalized spacial score (nSPS) is 14.9. The Balaban J connectivity index is 3.17. The molecule has 0 bridgehead atoms. The summed E-state index contributed by atoms with van der Waals surface area (Å²) in [5, 5.41) is 8.55. The maximum atomic E-state index is 13.5. The highest BCUT2D eigenvalue weighted by Gasteiger charge is 2.41. The molecule has 4 nitrogen and oxygen atoms in total. The van der Waals surface area contributed by atoms with Gasteiger partial charge in [-0.3, -0.25) is 0 Å². The van der Waals surface area contributed by atoms with Crippen LogP contribution in [0.1, 0.15) is 38.8 Å². The lowest BCUT2D eigenvalue weighted by Crippen LogP contribution is -2.27. The van der Waals surface area contributed by atoms with Crippen molar-refractivity contribution >= 4 is 23.0 Å². The molecule has 116 valence electrons. The molecule has 0 fully saturated rings. The van der Waals surface area contributed by atoms with Gasteiger partial charge in [0.2, 0.25) is 0 Å². The first-order chi connectivity index (χ1) is 9.46. The maximum absolute atomic E-state index is 13.5. The fraction of sp³-hybridized carbons (Fsp3) is 0.429. The van der Waals surface area contributed by atoms with Gasteiger partial charge in [0.05, 0.1) is 5.71 Å². The molecule has 0 aliphatic rings. The number of alkyl halides is 2. The summed E-state index contributed by atoms with van der Waals surface area (Å²) in [7, 11) is 0. The van der Waals surface area contributed by atoms with Gasteiger partial charge in [0, 0.05) is 11.1 Å². The zero-order valence-corrected chi connectivity index (χ0v) is 13.0. The summed E-state index contributed by atoms with van der Waals surface area (Å²) in [6.07, 6.45) is 0. The lowest BCUT2D eigenvalue weighted by atomic mass is 10.0. The van der Waals surface area contributed by atoms with Crippen molar-refractivity contribution in [3.8, 4) is 0 Å². The molecular formula is C14H17F2NO3S. The topological polar surface area (TPSA) is 72.7 Å². The van der Waals surface area contributed by atoms with Crippen LogP contribution in [0.3, 0.4) is 0 Å². The Morgan fingerprint density at radius 3 is 2.38 bits per heavy atom. The number of aliphatic carboxylic acids is 1. The third-order valence-electron chi connectivity index (χ3n) is 2.66. The van der Waals surface area contributed by atoms with Crippen LogP contribution in [0.5, 0.6) is 0 Å². The molecular weight excluding hydrogens is 300 g/mol. The number of hydrogen-bond donors (Lipinski definition) is 1. The Morgan fingerprint density at radius 1 is 1.33 bits per heavy atom. The van der Waals surface area contributed by atoms with Crippen molar-refractivity contribution in [2.75, 3.05) is 0 Å². The number of hydrogen-bond acceptors (Lipinski definition) is 3. The summed E-state index contributed by atoms with van der Waals surface area (Å²) in [6, 6.07) is 4.92. The van der Waals surface area contributed by atoms with E-state index in [-0.39, 0.29) is 0 Å². The molecule has 0 radical (unpaired) electrons. The first kappa shape index (κ1) is 17.6. The van der Waals surface area contributed by atoms with E-state index in [4.69, 9.17) is 5.11 Å². The Kier molecular flexibility index (Phi) is 5.11. The summed E-state index contributed by atoms with van der Waals surface area (Å²) in [5.41, 5.74) is -0.0130. The van der Waals surface area contributed by atoms with E-state index in [9.17, 15) is 18.1 Å². The van der Waals surface area contributed by atoms with E-state index in [0.717, 1.165) is 12.1 Å². The minimum Gasteiger partial charge on any atom is -0.591 e. The van der Waals surface area contributed by atoms with E-state index in [0.29, 0.717) is 11.3 Å². The van der Waals surface area contributed by atoms with Crippen molar-refractivity contribution in [1.82, 2.24) is 0 Å². The standard InChI is InChI=1S/C14H17F2NO3S/c1-9(17-21(20)13(2,3)4)10-6-5-7-11(8-10)14(15,16)12(18)19/h5-8H,1-4H3,(H,18,19)/t21-/m1/s1. The SMILES string of the molecule is CC(=N[S@+]([O-])C(C)(C)C)c1cccc(C(F)(F)C(=O)O)c1. The Bertz CT molecular complexity index is 568. The van der Waals surface area contributed by atoms with Gasteiger partial charge in [-0.25, -0.2) is 4.79 Å². The van der Waals surface area contributed by atoms with Crippen LogP contribution in [0.15, 0.2) is 28.7 Å². The van der Waals surface area contributed by atoms with Crippen molar-refractivity contribution in [3.05, 3.63) is 35.4 Å². The van der Waals surface area contributed by atoms with Gasteiger partial charge in [-0.1, -0.05) is 22.6 Å². The fourth-order valence-electron chi connectivity index (χ4n) is 1.38. The average molecular weight is 317 g/mol. The highest BCUT2D eigenvalue weighted by molar-refractivity contribution is 7.91. The number of benzene rings is 1. The van der Waals surface area contributed by atoms with Crippen LogP contribution in [-0.4, -0.2) is 26.1 Å². The number of rotatable bonds is 4. The fourth-order valence-corrected chi connectivity index (χ4v) is 2.01. The van der Waals surface area contributed by atoms with E-state index in [1.807, 2.05) is 0 Å². The smallest absolute Gasteiger partial charge is 0.379 e. The number of carbonyl (C=O) groups is 1. The largest absolute Gasteiger partial charge is 0.591 e. The molecule has 1 N–H and O–H groups in total. The molecule has 0 aromatic heterocycles. The van der Waals surface area contributed by atoms with E-state index in [2.05, 4.69) is 4.40 Å². The molecule has 1 aromatic rings.